The normalized spacial score (nSPS) is 13.3. The first-order chi connectivity index (χ1) is 8.65. The topological polar surface area (TPSA) is 22.1 Å². The van der Waals surface area contributed by atoms with Crippen molar-refractivity contribution in [3.8, 4) is 17.0 Å². The number of ether oxygens (including phenoxy) is 1. The van der Waals surface area contributed by atoms with E-state index in [1.807, 2.05) is 18.2 Å². The van der Waals surface area contributed by atoms with Gasteiger partial charge in [0.05, 0.1) is 22.3 Å². The fourth-order valence-electron chi connectivity index (χ4n) is 1.98. The van der Waals surface area contributed by atoms with Crippen LogP contribution < -0.4 is 4.74 Å². The zero-order chi connectivity index (χ0) is 12.7. The molecule has 0 spiro atoms. The van der Waals surface area contributed by atoms with Gasteiger partial charge in [0.15, 0.2) is 0 Å². The minimum atomic E-state index is 0.257. The Morgan fingerprint density at radius 1 is 1.06 bits per heavy atom. The van der Waals surface area contributed by atoms with E-state index in [1.54, 1.807) is 6.07 Å². The van der Waals surface area contributed by atoms with Crippen LogP contribution in [0.4, 0.5) is 0 Å². The number of benzene rings is 1. The van der Waals surface area contributed by atoms with E-state index >= 15 is 0 Å². The minimum Gasteiger partial charge on any atom is -0.493 e. The van der Waals surface area contributed by atoms with E-state index in [0.29, 0.717) is 15.7 Å². The molecule has 0 saturated heterocycles. The van der Waals surface area contributed by atoms with E-state index in [-0.39, 0.29) is 5.15 Å². The molecule has 1 aromatic carbocycles. The van der Waals surface area contributed by atoms with Crippen LogP contribution >= 0.6 is 34.8 Å². The second-order valence-corrected chi connectivity index (χ2v) is 5.18. The fourth-order valence-corrected chi connectivity index (χ4v) is 2.59. The van der Waals surface area contributed by atoms with E-state index in [0.717, 1.165) is 29.9 Å². The third-order valence-corrected chi connectivity index (χ3v) is 3.81. The van der Waals surface area contributed by atoms with Crippen LogP contribution in [0, 0.1) is 0 Å². The SMILES string of the molecule is Clc1cc(Cl)c(-c2ccc3c(c2)CCO3)nc1Cl. The lowest BCUT2D eigenvalue weighted by Crippen LogP contribution is -1.88. The van der Waals surface area contributed by atoms with Gasteiger partial charge in [-0.25, -0.2) is 4.98 Å². The third kappa shape index (κ3) is 2.05. The highest BCUT2D eigenvalue weighted by Gasteiger charge is 2.15. The first kappa shape index (κ1) is 12.1. The number of nitrogens with zero attached hydrogens (tertiary/aromatic N) is 1. The van der Waals surface area contributed by atoms with E-state index in [1.165, 1.54) is 0 Å². The lowest BCUT2D eigenvalue weighted by Gasteiger charge is -2.07. The molecule has 2 nitrogen and oxygen atoms in total. The van der Waals surface area contributed by atoms with Crippen molar-refractivity contribution in [2.45, 2.75) is 6.42 Å². The van der Waals surface area contributed by atoms with Gasteiger partial charge in [0, 0.05) is 12.0 Å². The summed E-state index contributed by atoms with van der Waals surface area (Å²) in [5.74, 6) is 0.926. The van der Waals surface area contributed by atoms with Crippen LogP contribution in [0.15, 0.2) is 24.3 Å². The molecule has 3 rings (SSSR count). The summed E-state index contributed by atoms with van der Waals surface area (Å²) in [6.45, 7) is 0.724. The Balaban J connectivity index is 2.12. The minimum absolute atomic E-state index is 0.257. The third-order valence-electron chi connectivity index (χ3n) is 2.85. The largest absolute Gasteiger partial charge is 0.493 e. The molecule has 1 aromatic heterocycles. The number of hydrogen-bond donors (Lipinski definition) is 0. The van der Waals surface area contributed by atoms with E-state index in [2.05, 4.69) is 4.98 Å². The molecule has 0 aliphatic carbocycles. The van der Waals surface area contributed by atoms with E-state index < -0.39 is 0 Å². The number of halogens is 3. The number of fused-ring (bicyclic) bond motifs is 1. The van der Waals surface area contributed by atoms with Crippen LogP contribution in [0.2, 0.25) is 15.2 Å². The van der Waals surface area contributed by atoms with Gasteiger partial charge in [-0.1, -0.05) is 34.8 Å². The summed E-state index contributed by atoms with van der Waals surface area (Å²) >= 11 is 17.9. The summed E-state index contributed by atoms with van der Waals surface area (Å²) in [7, 11) is 0. The molecule has 5 heteroatoms. The quantitative estimate of drug-likeness (QED) is 0.716. The predicted molar refractivity (Wildman–Crippen MR) is 73.9 cm³/mol. The molecule has 0 atom stereocenters. The van der Waals surface area contributed by atoms with Gasteiger partial charge in [0.25, 0.3) is 0 Å². The van der Waals surface area contributed by atoms with Crippen LogP contribution in [0.3, 0.4) is 0 Å². The maximum atomic E-state index is 6.15. The van der Waals surface area contributed by atoms with E-state index in [9.17, 15) is 0 Å². The molecule has 0 bridgehead atoms. The smallest absolute Gasteiger partial charge is 0.148 e. The highest BCUT2D eigenvalue weighted by Crippen LogP contribution is 2.35. The molecule has 92 valence electrons. The number of hydrogen-bond acceptors (Lipinski definition) is 2. The van der Waals surface area contributed by atoms with E-state index in [4.69, 9.17) is 39.5 Å². The molecule has 0 N–H and O–H groups in total. The van der Waals surface area contributed by atoms with Gasteiger partial charge in [-0.3, -0.25) is 0 Å². The average Bonchev–Trinajstić information content (AvgIpc) is 2.80. The summed E-state index contributed by atoms with van der Waals surface area (Å²) in [6.07, 6.45) is 0.905. The summed E-state index contributed by atoms with van der Waals surface area (Å²) in [6, 6.07) is 7.49. The molecular formula is C13H8Cl3NO. The van der Waals surface area contributed by atoms with Crippen molar-refractivity contribution in [3.63, 3.8) is 0 Å². The van der Waals surface area contributed by atoms with Crippen LogP contribution in [0.1, 0.15) is 5.56 Å². The zero-order valence-corrected chi connectivity index (χ0v) is 11.5. The second-order valence-electron chi connectivity index (χ2n) is 4.01. The maximum absolute atomic E-state index is 6.15. The summed E-state index contributed by atoms with van der Waals surface area (Å²) in [5.41, 5.74) is 2.72. The lowest BCUT2D eigenvalue weighted by atomic mass is 10.1. The Morgan fingerprint density at radius 2 is 1.89 bits per heavy atom. The van der Waals surface area contributed by atoms with Crippen LogP contribution in [0.25, 0.3) is 11.3 Å². The Hall–Kier alpha value is -0.960. The predicted octanol–water partition coefficient (Wildman–Crippen LogP) is 4.64. The van der Waals surface area contributed by atoms with Crippen molar-refractivity contribution >= 4 is 34.8 Å². The highest BCUT2D eigenvalue weighted by molar-refractivity contribution is 6.42. The van der Waals surface area contributed by atoms with Gasteiger partial charge in [0.2, 0.25) is 0 Å². The molecule has 1 aliphatic rings. The average molecular weight is 301 g/mol. The molecule has 0 radical (unpaired) electrons. The molecule has 2 heterocycles. The molecule has 0 unspecified atom stereocenters. The van der Waals surface area contributed by atoms with Gasteiger partial charge in [-0.2, -0.15) is 0 Å². The lowest BCUT2D eigenvalue weighted by molar-refractivity contribution is 0.357. The Kier molecular flexibility index (Phi) is 3.10. The summed E-state index contributed by atoms with van der Waals surface area (Å²) < 4.78 is 5.46. The van der Waals surface area contributed by atoms with Crippen LogP contribution in [-0.2, 0) is 6.42 Å². The van der Waals surface area contributed by atoms with Crippen molar-refractivity contribution in [3.05, 3.63) is 45.0 Å². The number of rotatable bonds is 1. The molecule has 18 heavy (non-hydrogen) atoms. The van der Waals surface area contributed by atoms with Crippen molar-refractivity contribution in [1.82, 2.24) is 4.98 Å². The molecule has 2 aromatic rings. The molecular weight excluding hydrogens is 293 g/mol. The Labute approximate surface area is 119 Å². The Morgan fingerprint density at radius 3 is 2.72 bits per heavy atom. The summed E-state index contributed by atoms with van der Waals surface area (Å²) in [4.78, 5) is 4.23. The van der Waals surface area contributed by atoms with Gasteiger partial charge in [-0.15, -0.1) is 0 Å². The summed E-state index contributed by atoms with van der Waals surface area (Å²) in [5, 5.41) is 1.10. The maximum Gasteiger partial charge on any atom is 0.148 e. The van der Waals surface area contributed by atoms with Crippen molar-refractivity contribution in [1.29, 1.82) is 0 Å². The van der Waals surface area contributed by atoms with Gasteiger partial charge in [0.1, 0.15) is 10.9 Å². The first-order valence-electron chi connectivity index (χ1n) is 5.43. The molecule has 0 amide bonds. The van der Waals surface area contributed by atoms with Gasteiger partial charge in [-0.05, 0) is 29.8 Å². The first-order valence-corrected chi connectivity index (χ1v) is 6.56. The molecule has 1 aliphatic heterocycles. The molecule has 0 saturated carbocycles. The number of aromatic nitrogens is 1. The second kappa shape index (κ2) is 4.61. The van der Waals surface area contributed by atoms with Gasteiger partial charge < -0.3 is 4.74 Å². The van der Waals surface area contributed by atoms with Crippen LogP contribution in [0.5, 0.6) is 5.75 Å². The zero-order valence-electron chi connectivity index (χ0n) is 9.21. The monoisotopic (exact) mass is 299 g/mol. The van der Waals surface area contributed by atoms with Crippen molar-refractivity contribution < 1.29 is 4.74 Å². The van der Waals surface area contributed by atoms with Gasteiger partial charge >= 0.3 is 0 Å². The van der Waals surface area contributed by atoms with Crippen molar-refractivity contribution in [2.24, 2.45) is 0 Å². The fraction of sp³-hybridized carbons (Fsp3) is 0.154. The standard InChI is InChI=1S/C13H8Cl3NO/c14-9-6-10(15)13(16)17-12(9)8-1-2-11-7(5-8)3-4-18-11/h1-2,5-6H,3-4H2. The number of pyridine rings is 1. The van der Waals surface area contributed by atoms with Crippen LogP contribution in [-0.4, -0.2) is 11.6 Å². The molecule has 0 fully saturated rings. The highest BCUT2D eigenvalue weighted by atomic mass is 35.5. The Bertz CT molecular complexity index is 628. The van der Waals surface area contributed by atoms with Crippen molar-refractivity contribution in [2.75, 3.05) is 6.61 Å².